The first-order valence-corrected chi connectivity index (χ1v) is 7.10. The smallest absolute Gasteiger partial charge is 0.250 e. The molecule has 0 bridgehead atoms. The molecule has 1 aromatic carbocycles. The molecule has 1 saturated heterocycles. The molecule has 1 heterocycles. The maximum atomic E-state index is 13.3. The number of morpholine rings is 1. The number of hydrogen-bond donors (Lipinski definition) is 2. The number of likely N-dealkylation sites (N-methyl/N-ethyl adjacent to an activating group) is 1. The summed E-state index contributed by atoms with van der Waals surface area (Å²) < 4.78 is 18.8. The van der Waals surface area contributed by atoms with Crippen molar-refractivity contribution in [3.8, 4) is 0 Å². The van der Waals surface area contributed by atoms with Crippen LogP contribution in [0.4, 0.5) is 4.39 Å². The lowest BCUT2D eigenvalue weighted by Crippen LogP contribution is -2.49. The minimum absolute atomic E-state index is 0.0822. The van der Waals surface area contributed by atoms with Crippen molar-refractivity contribution >= 4 is 5.91 Å². The topological polar surface area (TPSA) is 53.6 Å². The standard InChI is InChI=1S/C15H22FN3O2/c1-19(2)13(11-4-3-5-12(16)8-11)9-18-15(20)14-10-17-6-7-21-14/h3-5,8,13-14,17H,6-7,9-10H2,1-2H3,(H,18,20). The first-order chi connectivity index (χ1) is 10.1. The molecule has 0 aromatic heterocycles. The first kappa shape index (κ1) is 15.9. The van der Waals surface area contributed by atoms with Crippen molar-refractivity contribution in [2.24, 2.45) is 0 Å². The third kappa shape index (κ3) is 4.49. The van der Waals surface area contributed by atoms with Crippen LogP contribution in [0.25, 0.3) is 0 Å². The summed E-state index contributed by atoms with van der Waals surface area (Å²) in [7, 11) is 3.81. The van der Waals surface area contributed by atoms with E-state index in [9.17, 15) is 9.18 Å². The van der Waals surface area contributed by atoms with E-state index in [1.165, 1.54) is 12.1 Å². The highest BCUT2D eigenvalue weighted by Crippen LogP contribution is 2.18. The number of carbonyl (C=O) groups is 1. The lowest BCUT2D eigenvalue weighted by molar-refractivity contribution is -0.134. The van der Waals surface area contributed by atoms with E-state index in [-0.39, 0.29) is 17.8 Å². The molecule has 0 radical (unpaired) electrons. The fourth-order valence-electron chi connectivity index (χ4n) is 2.36. The molecule has 1 aromatic rings. The van der Waals surface area contributed by atoms with Gasteiger partial charge in [-0.15, -0.1) is 0 Å². The van der Waals surface area contributed by atoms with E-state index in [1.807, 2.05) is 25.1 Å². The van der Waals surface area contributed by atoms with Gasteiger partial charge in [0.1, 0.15) is 11.9 Å². The van der Waals surface area contributed by atoms with E-state index in [0.717, 1.165) is 12.1 Å². The average Bonchev–Trinajstić information content (AvgIpc) is 2.48. The normalized spacial score (nSPS) is 20.3. The van der Waals surface area contributed by atoms with Gasteiger partial charge in [-0.3, -0.25) is 4.79 Å². The summed E-state index contributed by atoms with van der Waals surface area (Å²) in [6.07, 6.45) is -0.450. The predicted molar refractivity (Wildman–Crippen MR) is 78.4 cm³/mol. The molecular formula is C15H22FN3O2. The summed E-state index contributed by atoms with van der Waals surface area (Å²) in [4.78, 5) is 14.0. The Hall–Kier alpha value is -1.50. The number of nitrogens with zero attached hydrogens (tertiary/aromatic N) is 1. The summed E-state index contributed by atoms with van der Waals surface area (Å²) in [5, 5.41) is 6.00. The number of benzene rings is 1. The molecule has 1 aliphatic rings. The van der Waals surface area contributed by atoms with Crippen molar-refractivity contribution in [2.45, 2.75) is 12.1 Å². The van der Waals surface area contributed by atoms with Crippen molar-refractivity contribution in [1.29, 1.82) is 0 Å². The van der Waals surface area contributed by atoms with Gasteiger partial charge in [-0.2, -0.15) is 0 Å². The second-order valence-corrected chi connectivity index (χ2v) is 5.34. The van der Waals surface area contributed by atoms with E-state index in [1.54, 1.807) is 6.07 Å². The van der Waals surface area contributed by atoms with E-state index >= 15 is 0 Å². The molecule has 0 spiro atoms. The minimum Gasteiger partial charge on any atom is -0.366 e. The highest BCUT2D eigenvalue weighted by Gasteiger charge is 2.23. The molecule has 1 aliphatic heterocycles. The zero-order valence-corrected chi connectivity index (χ0v) is 12.4. The first-order valence-electron chi connectivity index (χ1n) is 7.10. The Labute approximate surface area is 124 Å². The average molecular weight is 295 g/mol. The molecule has 116 valence electrons. The number of ether oxygens (including phenoxy) is 1. The lowest BCUT2D eigenvalue weighted by atomic mass is 10.1. The molecule has 2 N–H and O–H groups in total. The third-order valence-corrected chi connectivity index (χ3v) is 3.55. The van der Waals surface area contributed by atoms with Crippen LogP contribution in [-0.2, 0) is 9.53 Å². The number of halogens is 1. The quantitative estimate of drug-likeness (QED) is 0.832. The van der Waals surface area contributed by atoms with Crippen LogP contribution in [-0.4, -0.2) is 57.2 Å². The Morgan fingerprint density at radius 2 is 2.38 bits per heavy atom. The predicted octanol–water partition coefficient (Wildman–Crippen LogP) is 0.533. The van der Waals surface area contributed by atoms with Gasteiger partial charge in [0.25, 0.3) is 5.91 Å². The van der Waals surface area contributed by atoms with Crippen molar-refractivity contribution in [2.75, 3.05) is 40.3 Å². The molecule has 0 saturated carbocycles. The van der Waals surface area contributed by atoms with Crippen LogP contribution >= 0.6 is 0 Å². The third-order valence-electron chi connectivity index (χ3n) is 3.55. The van der Waals surface area contributed by atoms with Gasteiger partial charge in [0.2, 0.25) is 0 Å². The van der Waals surface area contributed by atoms with Crippen molar-refractivity contribution in [3.05, 3.63) is 35.6 Å². The molecule has 2 atom stereocenters. The van der Waals surface area contributed by atoms with Gasteiger partial charge in [0, 0.05) is 19.6 Å². The van der Waals surface area contributed by atoms with Crippen LogP contribution in [0.3, 0.4) is 0 Å². The van der Waals surface area contributed by atoms with Crippen molar-refractivity contribution < 1.29 is 13.9 Å². The van der Waals surface area contributed by atoms with E-state index < -0.39 is 6.10 Å². The number of rotatable bonds is 5. The number of amides is 1. The van der Waals surface area contributed by atoms with Crippen LogP contribution in [0.15, 0.2) is 24.3 Å². The largest absolute Gasteiger partial charge is 0.366 e. The number of hydrogen-bond acceptors (Lipinski definition) is 4. The summed E-state index contributed by atoms with van der Waals surface area (Å²) in [6, 6.07) is 6.36. The van der Waals surface area contributed by atoms with Crippen LogP contribution in [0, 0.1) is 5.82 Å². The van der Waals surface area contributed by atoms with Gasteiger partial charge < -0.3 is 20.3 Å². The Bertz CT molecular complexity index is 476. The fraction of sp³-hybridized carbons (Fsp3) is 0.533. The van der Waals surface area contributed by atoms with E-state index in [2.05, 4.69) is 10.6 Å². The van der Waals surface area contributed by atoms with Crippen molar-refractivity contribution in [1.82, 2.24) is 15.5 Å². The van der Waals surface area contributed by atoms with Crippen LogP contribution in [0.2, 0.25) is 0 Å². The zero-order chi connectivity index (χ0) is 15.2. The van der Waals surface area contributed by atoms with Crippen LogP contribution < -0.4 is 10.6 Å². The summed E-state index contributed by atoms with van der Waals surface area (Å²) in [5.41, 5.74) is 0.836. The highest BCUT2D eigenvalue weighted by molar-refractivity contribution is 5.81. The summed E-state index contributed by atoms with van der Waals surface area (Å²) in [5.74, 6) is -0.407. The Balaban J connectivity index is 1.95. The summed E-state index contributed by atoms with van der Waals surface area (Å²) in [6.45, 7) is 2.25. The van der Waals surface area contributed by atoms with Gasteiger partial charge >= 0.3 is 0 Å². The molecule has 1 amide bonds. The monoisotopic (exact) mass is 295 g/mol. The molecule has 21 heavy (non-hydrogen) atoms. The van der Waals surface area contributed by atoms with Crippen LogP contribution in [0.5, 0.6) is 0 Å². The molecule has 6 heteroatoms. The highest BCUT2D eigenvalue weighted by atomic mass is 19.1. The second-order valence-electron chi connectivity index (χ2n) is 5.34. The molecule has 2 rings (SSSR count). The van der Waals surface area contributed by atoms with E-state index in [0.29, 0.717) is 19.7 Å². The fourth-order valence-corrected chi connectivity index (χ4v) is 2.36. The van der Waals surface area contributed by atoms with Crippen molar-refractivity contribution in [3.63, 3.8) is 0 Å². The Kier molecular flexibility index (Phi) is 5.67. The van der Waals surface area contributed by atoms with Gasteiger partial charge in [0.15, 0.2) is 0 Å². The zero-order valence-electron chi connectivity index (χ0n) is 12.4. The molecule has 5 nitrogen and oxygen atoms in total. The minimum atomic E-state index is -0.450. The second kappa shape index (κ2) is 7.49. The molecule has 0 aliphatic carbocycles. The molecular weight excluding hydrogens is 273 g/mol. The lowest BCUT2D eigenvalue weighted by Gasteiger charge is -2.27. The maximum Gasteiger partial charge on any atom is 0.250 e. The van der Waals surface area contributed by atoms with Gasteiger partial charge in [0.05, 0.1) is 12.6 Å². The number of nitrogens with one attached hydrogen (secondary N) is 2. The van der Waals surface area contributed by atoms with Gasteiger partial charge in [-0.1, -0.05) is 12.1 Å². The molecule has 2 unspecified atom stereocenters. The maximum absolute atomic E-state index is 13.3. The Morgan fingerprint density at radius 1 is 1.57 bits per heavy atom. The molecule has 1 fully saturated rings. The number of carbonyl (C=O) groups excluding carboxylic acids is 1. The SMILES string of the molecule is CN(C)C(CNC(=O)C1CNCCO1)c1cccc(F)c1. The van der Waals surface area contributed by atoms with Crippen LogP contribution in [0.1, 0.15) is 11.6 Å². The van der Waals surface area contributed by atoms with Gasteiger partial charge in [-0.25, -0.2) is 4.39 Å². The summed E-state index contributed by atoms with van der Waals surface area (Å²) >= 11 is 0. The van der Waals surface area contributed by atoms with E-state index in [4.69, 9.17) is 4.74 Å². The Morgan fingerprint density at radius 3 is 3.00 bits per heavy atom. The van der Waals surface area contributed by atoms with Gasteiger partial charge in [-0.05, 0) is 31.8 Å².